The number of aliphatic hydroxyl groups excluding tert-OH is 1. The van der Waals surface area contributed by atoms with E-state index < -0.39 is 6.10 Å². The van der Waals surface area contributed by atoms with Gasteiger partial charge in [-0.1, -0.05) is 0 Å². The van der Waals surface area contributed by atoms with Gasteiger partial charge in [0.05, 0.1) is 6.10 Å². The minimum absolute atomic E-state index is 0.00971. The molecule has 0 aliphatic carbocycles. The van der Waals surface area contributed by atoms with Crippen LogP contribution in [0.2, 0.25) is 0 Å². The van der Waals surface area contributed by atoms with E-state index in [2.05, 4.69) is 25.7 Å². The number of aliphatic hydroxyl groups is 1. The minimum Gasteiger partial charge on any atom is -0.508 e. The molecule has 1 aliphatic heterocycles. The molecule has 0 aromatic heterocycles. The van der Waals surface area contributed by atoms with Gasteiger partial charge in [-0.2, -0.15) is 0 Å². The van der Waals surface area contributed by atoms with Crippen molar-refractivity contribution in [2.45, 2.75) is 39.0 Å². The van der Waals surface area contributed by atoms with Gasteiger partial charge in [0, 0.05) is 30.3 Å². The third kappa shape index (κ3) is 2.23. The van der Waals surface area contributed by atoms with Crippen molar-refractivity contribution in [3.05, 3.63) is 23.3 Å². The van der Waals surface area contributed by atoms with Gasteiger partial charge in [0.1, 0.15) is 11.5 Å². The van der Waals surface area contributed by atoms with Gasteiger partial charge >= 0.3 is 0 Å². The monoisotopic (exact) mass is 237 g/mol. The quantitative estimate of drug-likeness (QED) is 0.643. The van der Waals surface area contributed by atoms with E-state index in [9.17, 15) is 15.3 Å². The van der Waals surface area contributed by atoms with E-state index in [1.807, 2.05) is 0 Å². The largest absolute Gasteiger partial charge is 0.508 e. The fourth-order valence-corrected chi connectivity index (χ4v) is 2.21. The first-order valence-corrected chi connectivity index (χ1v) is 5.77. The van der Waals surface area contributed by atoms with Gasteiger partial charge in [-0.05, 0) is 32.4 Å². The van der Waals surface area contributed by atoms with Crippen molar-refractivity contribution in [2.24, 2.45) is 0 Å². The van der Waals surface area contributed by atoms with Crippen LogP contribution in [0.3, 0.4) is 0 Å². The lowest BCUT2D eigenvalue weighted by atomic mass is 9.92. The van der Waals surface area contributed by atoms with Gasteiger partial charge in [-0.25, -0.2) is 0 Å². The number of β-amino-alcohol motifs (C(OH)–C–C–N with tert-alkyl or cyclic N) is 1. The predicted molar refractivity (Wildman–Crippen MR) is 64.9 cm³/mol. The molecule has 0 unspecified atom stereocenters. The summed E-state index contributed by atoms with van der Waals surface area (Å²) in [4.78, 5) is 2.11. The minimum atomic E-state index is -0.670. The first-order valence-electron chi connectivity index (χ1n) is 5.77. The first kappa shape index (κ1) is 12.2. The van der Waals surface area contributed by atoms with Crippen molar-refractivity contribution in [3.63, 3.8) is 0 Å². The molecular weight excluding hydrogens is 218 g/mol. The Morgan fingerprint density at radius 1 is 1.24 bits per heavy atom. The number of hydrogen-bond acceptors (Lipinski definition) is 4. The van der Waals surface area contributed by atoms with Crippen molar-refractivity contribution in [3.8, 4) is 11.5 Å². The Bertz CT molecular complexity index is 437. The highest BCUT2D eigenvalue weighted by molar-refractivity contribution is 5.47. The third-order valence-electron chi connectivity index (χ3n) is 3.30. The lowest BCUT2D eigenvalue weighted by Gasteiger charge is -2.41. The van der Waals surface area contributed by atoms with Crippen molar-refractivity contribution in [1.82, 2.24) is 4.90 Å². The Labute approximate surface area is 101 Å². The third-order valence-corrected chi connectivity index (χ3v) is 3.30. The second kappa shape index (κ2) is 3.89. The predicted octanol–water partition coefficient (Wildman–Crippen LogP) is 1.75. The summed E-state index contributed by atoms with van der Waals surface area (Å²) in [5.41, 5.74) is 1.27. The maximum Gasteiger partial charge on any atom is 0.124 e. The summed E-state index contributed by atoms with van der Waals surface area (Å²) in [7, 11) is 0. The molecule has 4 nitrogen and oxygen atoms in total. The van der Waals surface area contributed by atoms with E-state index in [1.165, 1.54) is 12.1 Å². The topological polar surface area (TPSA) is 63.9 Å². The fraction of sp³-hybridized carbons (Fsp3) is 0.538. The summed E-state index contributed by atoms with van der Waals surface area (Å²) in [6, 6.07) is 2.84. The van der Waals surface area contributed by atoms with Gasteiger partial charge < -0.3 is 15.3 Å². The number of benzene rings is 1. The molecule has 1 aromatic rings. The van der Waals surface area contributed by atoms with E-state index in [0.717, 1.165) is 0 Å². The van der Waals surface area contributed by atoms with E-state index in [4.69, 9.17) is 0 Å². The highest BCUT2D eigenvalue weighted by atomic mass is 16.3. The van der Waals surface area contributed by atoms with Crippen LogP contribution in [0.5, 0.6) is 11.5 Å². The molecule has 1 aromatic carbocycles. The number of fused-ring (bicyclic) bond motifs is 1. The van der Waals surface area contributed by atoms with Crippen LogP contribution in [-0.4, -0.2) is 32.3 Å². The molecule has 17 heavy (non-hydrogen) atoms. The molecule has 0 spiro atoms. The van der Waals surface area contributed by atoms with Crippen LogP contribution >= 0.6 is 0 Å². The molecular formula is C13H19NO3. The summed E-state index contributed by atoms with van der Waals surface area (Å²) in [5, 5.41) is 29.3. The standard InChI is InChI=1S/C13H19NO3/c1-13(2,3)14-6-10-9(12(17)7-14)4-8(15)5-11(10)16/h4-5,12,15-17H,6-7H2,1-3H3/t12-/m0/s1. The zero-order valence-corrected chi connectivity index (χ0v) is 10.4. The Kier molecular flexibility index (Phi) is 2.79. The Morgan fingerprint density at radius 2 is 1.88 bits per heavy atom. The molecule has 4 heteroatoms. The van der Waals surface area contributed by atoms with Crippen molar-refractivity contribution in [1.29, 1.82) is 0 Å². The molecule has 0 radical (unpaired) electrons. The number of hydrogen-bond donors (Lipinski definition) is 3. The SMILES string of the molecule is CC(C)(C)N1Cc2c(O)cc(O)cc2[C@@H](O)C1. The summed E-state index contributed by atoms with van der Waals surface area (Å²) >= 11 is 0. The van der Waals surface area contributed by atoms with Crippen LogP contribution in [0.25, 0.3) is 0 Å². The molecule has 2 rings (SSSR count). The van der Waals surface area contributed by atoms with Gasteiger partial charge in [0.25, 0.3) is 0 Å². The molecule has 94 valence electrons. The molecule has 3 N–H and O–H groups in total. The normalized spacial score (nSPS) is 21.3. The second-order valence-corrected chi connectivity index (χ2v) is 5.60. The number of rotatable bonds is 0. The van der Waals surface area contributed by atoms with Crippen LogP contribution in [0, 0.1) is 0 Å². The van der Waals surface area contributed by atoms with Crippen molar-refractivity contribution in [2.75, 3.05) is 6.54 Å². The summed E-state index contributed by atoms with van der Waals surface area (Å²) in [6.07, 6.45) is -0.670. The van der Waals surface area contributed by atoms with Crippen LogP contribution in [0.15, 0.2) is 12.1 Å². The summed E-state index contributed by atoms with van der Waals surface area (Å²) in [5.74, 6) is 0.0394. The fourth-order valence-electron chi connectivity index (χ4n) is 2.21. The van der Waals surface area contributed by atoms with Gasteiger partial charge in [-0.3, -0.25) is 4.90 Å². The number of phenolic OH excluding ortho intramolecular Hbond substituents is 2. The molecule has 0 fully saturated rings. The maximum absolute atomic E-state index is 10.1. The van der Waals surface area contributed by atoms with Crippen molar-refractivity contribution >= 4 is 0 Å². The van der Waals surface area contributed by atoms with E-state index in [-0.39, 0.29) is 17.0 Å². The smallest absolute Gasteiger partial charge is 0.124 e. The molecule has 0 saturated heterocycles. The Morgan fingerprint density at radius 3 is 2.47 bits per heavy atom. The molecule has 1 atom stereocenters. The number of aromatic hydroxyl groups is 2. The molecule has 0 amide bonds. The van der Waals surface area contributed by atoms with Crippen LogP contribution in [0.4, 0.5) is 0 Å². The molecule has 1 heterocycles. The average Bonchev–Trinajstić information content (AvgIpc) is 2.17. The highest BCUT2D eigenvalue weighted by Crippen LogP contribution is 2.37. The van der Waals surface area contributed by atoms with Gasteiger partial charge in [0.2, 0.25) is 0 Å². The number of nitrogens with zero attached hydrogens (tertiary/aromatic N) is 1. The molecule has 1 aliphatic rings. The van der Waals surface area contributed by atoms with E-state index >= 15 is 0 Å². The molecule has 0 bridgehead atoms. The summed E-state index contributed by atoms with van der Waals surface area (Å²) < 4.78 is 0. The molecule has 0 saturated carbocycles. The van der Waals surface area contributed by atoms with Crippen LogP contribution in [0.1, 0.15) is 38.0 Å². The van der Waals surface area contributed by atoms with Crippen molar-refractivity contribution < 1.29 is 15.3 Å². The lowest BCUT2D eigenvalue weighted by molar-refractivity contribution is 0.0363. The van der Waals surface area contributed by atoms with E-state index in [0.29, 0.717) is 24.2 Å². The maximum atomic E-state index is 10.1. The van der Waals surface area contributed by atoms with Gasteiger partial charge in [-0.15, -0.1) is 0 Å². The second-order valence-electron chi connectivity index (χ2n) is 5.60. The Hall–Kier alpha value is -1.26. The average molecular weight is 237 g/mol. The first-order chi connectivity index (χ1) is 7.79. The zero-order chi connectivity index (χ0) is 12.8. The zero-order valence-electron chi connectivity index (χ0n) is 10.4. The number of phenols is 2. The van der Waals surface area contributed by atoms with E-state index in [1.54, 1.807) is 0 Å². The highest BCUT2D eigenvalue weighted by Gasteiger charge is 2.32. The van der Waals surface area contributed by atoms with Gasteiger partial charge in [0.15, 0.2) is 0 Å². The van der Waals surface area contributed by atoms with Crippen LogP contribution < -0.4 is 0 Å². The summed E-state index contributed by atoms with van der Waals surface area (Å²) in [6.45, 7) is 7.31. The lowest BCUT2D eigenvalue weighted by Crippen LogP contribution is -2.45. The van der Waals surface area contributed by atoms with Crippen LogP contribution in [-0.2, 0) is 6.54 Å². The Balaban J connectivity index is 2.43.